The number of H-pyrrole nitrogens is 1. The van der Waals surface area contributed by atoms with Crippen LogP contribution in [0.3, 0.4) is 0 Å². The fraction of sp³-hybridized carbons (Fsp3) is 0.0526. The van der Waals surface area contributed by atoms with Crippen LogP contribution in [0, 0.1) is 0 Å². The lowest BCUT2D eigenvalue weighted by molar-refractivity contribution is 0.0946. The maximum absolute atomic E-state index is 12.5. The van der Waals surface area contributed by atoms with Crippen LogP contribution in [0.5, 0.6) is 5.75 Å². The molecular weight excluding hydrogens is 344 g/mol. The van der Waals surface area contributed by atoms with Crippen LogP contribution in [0.2, 0.25) is 0 Å². The van der Waals surface area contributed by atoms with Gasteiger partial charge in [0, 0.05) is 36.3 Å². The number of aromatic amines is 1. The first kappa shape index (κ1) is 16.5. The van der Waals surface area contributed by atoms with Crippen LogP contribution in [0.25, 0.3) is 17.1 Å². The van der Waals surface area contributed by atoms with E-state index in [-0.39, 0.29) is 11.7 Å². The van der Waals surface area contributed by atoms with Crippen molar-refractivity contribution in [3.8, 4) is 22.8 Å². The van der Waals surface area contributed by atoms with E-state index in [1.807, 2.05) is 12.1 Å². The van der Waals surface area contributed by atoms with Gasteiger partial charge in [0.25, 0.3) is 5.91 Å². The van der Waals surface area contributed by atoms with Gasteiger partial charge in [-0.3, -0.25) is 14.5 Å². The van der Waals surface area contributed by atoms with Gasteiger partial charge in [-0.05, 0) is 24.3 Å². The highest BCUT2D eigenvalue weighted by Gasteiger charge is 2.14. The molecule has 0 atom stereocenters. The molecule has 3 aromatic heterocycles. The largest absolute Gasteiger partial charge is 0.507 e. The minimum Gasteiger partial charge on any atom is -0.507 e. The molecule has 0 unspecified atom stereocenters. The minimum absolute atomic E-state index is 0.108. The first-order valence-corrected chi connectivity index (χ1v) is 8.26. The summed E-state index contributed by atoms with van der Waals surface area (Å²) in [6.07, 6.45) is 6.80. The normalized spacial score (nSPS) is 10.7. The molecule has 27 heavy (non-hydrogen) atoms. The second-order valence-corrected chi connectivity index (χ2v) is 5.82. The van der Waals surface area contributed by atoms with Gasteiger partial charge in [0.2, 0.25) is 0 Å². The molecule has 0 aliphatic rings. The zero-order chi connectivity index (χ0) is 18.6. The van der Waals surface area contributed by atoms with Gasteiger partial charge in [-0.25, -0.2) is 9.97 Å². The molecule has 0 saturated heterocycles. The highest BCUT2D eigenvalue weighted by Crippen LogP contribution is 2.27. The molecule has 0 radical (unpaired) electrons. The summed E-state index contributed by atoms with van der Waals surface area (Å²) in [5.74, 6) is 0.510. The van der Waals surface area contributed by atoms with Gasteiger partial charge in [-0.15, -0.1) is 0 Å². The number of aromatic nitrogens is 5. The van der Waals surface area contributed by atoms with Crippen molar-refractivity contribution < 1.29 is 9.90 Å². The summed E-state index contributed by atoms with van der Waals surface area (Å²) in [6.45, 7) is 0.297. The Kier molecular flexibility index (Phi) is 4.36. The standard InChI is InChI=1S/C19H16N6O2/c26-17-6-2-1-5-14(17)15-10-16(24-23-15)19(27)22-11-13-4-3-7-21-18(13)25-9-8-20-12-25/h1-10,12,26H,11H2,(H,22,27)(H,23,24). The van der Waals surface area contributed by atoms with Gasteiger partial charge < -0.3 is 10.4 Å². The van der Waals surface area contributed by atoms with Crippen LogP contribution < -0.4 is 5.32 Å². The molecule has 1 aromatic carbocycles. The van der Waals surface area contributed by atoms with Crippen LogP contribution in [0.1, 0.15) is 16.1 Å². The third kappa shape index (κ3) is 3.40. The van der Waals surface area contributed by atoms with Gasteiger partial charge in [0.1, 0.15) is 23.6 Å². The molecule has 0 bridgehead atoms. The SMILES string of the molecule is O=C(NCc1cccnc1-n1ccnc1)c1cc(-c2ccccc2O)n[nH]1. The van der Waals surface area contributed by atoms with E-state index in [0.717, 1.165) is 5.56 Å². The second-order valence-electron chi connectivity index (χ2n) is 5.82. The van der Waals surface area contributed by atoms with Crippen molar-refractivity contribution in [3.63, 3.8) is 0 Å². The average Bonchev–Trinajstić information content (AvgIpc) is 3.39. The van der Waals surface area contributed by atoms with Gasteiger partial charge in [0.15, 0.2) is 0 Å². The van der Waals surface area contributed by atoms with E-state index in [1.54, 1.807) is 59.8 Å². The number of hydrogen-bond acceptors (Lipinski definition) is 5. The van der Waals surface area contributed by atoms with Crippen molar-refractivity contribution in [2.75, 3.05) is 0 Å². The molecule has 3 heterocycles. The number of phenols is 1. The number of imidazole rings is 1. The molecule has 8 nitrogen and oxygen atoms in total. The highest BCUT2D eigenvalue weighted by molar-refractivity contribution is 5.93. The zero-order valence-electron chi connectivity index (χ0n) is 14.2. The predicted molar refractivity (Wildman–Crippen MR) is 98.2 cm³/mol. The van der Waals surface area contributed by atoms with Gasteiger partial charge >= 0.3 is 0 Å². The summed E-state index contributed by atoms with van der Waals surface area (Å²) in [5.41, 5.74) is 2.21. The molecule has 0 aliphatic carbocycles. The summed E-state index contributed by atoms with van der Waals surface area (Å²) in [5, 5.41) is 19.6. The minimum atomic E-state index is -0.301. The number of carbonyl (C=O) groups excluding carboxylic acids is 1. The Morgan fingerprint density at radius 1 is 1.19 bits per heavy atom. The number of pyridine rings is 1. The molecule has 0 spiro atoms. The van der Waals surface area contributed by atoms with Crippen LogP contribution in [0.15, 0.2) is 67.4 Å². The number of para-hydroxylation sites is 1. The Morgan fingerprint density at radius 2 is 2.07 bits per heavy atom. The lowest BCUT2D eigenvalue weighted by Crippen LogP contribution is -2.24. The first-order valence-electron chi connectivity index (χ1n) is 8.26. The number of aromatic hydroxyl groups is 1. The maximum Gasteiger partial charge on any atom is 0.269 e. The van der Waals surface area contributed by atoms with E-state index in [4.69, 9.17) is 0 Å². The quantitative estimate of drug-likeness (QED) is 0.506. The van der Waals surface area contributed by atoms with Crippen LogP contribution in [0.4, 0.5) is 0 Å². The number of phenolic OH excluding ortho intramolecular Hbond substituents is 1. The average molecular weight is 360 g/mol. The van der Waals surface area contributed by atoms with Crippen molar-refractivity contribution in [2.24, 2.45) is 0 Å². The third-order valence-corrected chi connectivity index (χ3v) is 4.06. The lowest BCUT2D eigenvalue weighted by Gasteiger charge is -2.09. The summed E-state index contributed by atoms with van der Waals surface area (Å²) < 4.78 is 1.79. The van der Waals surface area contributed by atoms with Crippen molar-refractivity contribution in [3.05, 3.63) is 78.6 Å². The van der Waals surface area contributed by atoms with E-state index < -0.39 is 0 Å². The number of hydrogen-bond donors (Lipinski definition) is 3. The number of amides is 1. The molecule has 4 aromatic rings. The second kappa shape index (κ2) is 7.12. The molecule has 8 heteroatoms. The van der Waals surface area contributed by atoms with Crippen molar-refractivity contribution in [1.29, 1.82) is 0 Å². The van der Waals surface area contributed by atoms with Crippen molar-refractivity contribution >= 4 is 5.91 Å². The van der Waals surface area contributed by atoms with Gasteiger partial charge in [-0.2, -0.15) is 5.10 Å². The Hall–Kier alpha value is -3.94. The maximum atomic E-state index is 12.5. The van der Waals surface area contributed by atoms with E-state index in [1.165, 1.54) is 0 Å². The predicted octanol–water partition coefficient (Wildman–Crippen LogP) is 2.29. The van der Waals surface area contributed by atoms with E-state index in [9.17, 15) is 9.90 Å². The summed E-state index contributed by atoms with van der Waals surface area (Å²) in [6, 6.07) is 12.1. The fourth-order valence-corrected chi connectivity index (χ4v) is 2.72. The number of nitrogens with zero attached hydrogens (tertiary/aromatic N) is 4. The summed E-state index contributed by atoms with van der Waals surface area (Å²) in [4.78, 5) is 20.8. The molecule has 0 aliphatic heterocycles. The smallest absolute Gasteiger partial charge is 0.269 e. The van der Waals surface area contributed by atoms with E-state index in [2.05, 4.69) is 25.5 Å². The van der Waals surface area contributed by atoms with E-state index >= 15 is 0 Å². The number of benzene rings is 1. The number of rotatable bonds is 5. The number of nitrogens with one attached hydrogen (secondary N) is 2. The third-order valence-electron chi connectivity index (χ3n) is 4.06. The molecule has 4 rings (SSSR count). The first-order chi connectivity index (χ1) is 13.2. The molecule has 3 N–H and O–H groups in total. The molecule has 0 fully saturated rings. The molecular formula is C19H16N6O2. The topological polar surface area (TPSA) is 109 Å². The van der Waals surface area contributed by atoms with Crippen LogP contribution >= 0.6 is 0 Å². The van der Waals surface area contributed by atoms with Gasteiger partial charge in [-0.1, -0.05) is 18.2 Å². The van der Waals surface area contributed by atoms with Crippen LogP contribution in [-0.4, -0.2) is 35.7 Å². The highest BCUT2D eigenvalue weighted by atomic mass is 16.3. The number of carbonyl (C=O) groups is 1. The Morgan fingerprint density at radius 3 is 2.89 bits per heavy atom. The molecule has 1 amide bonds. The zero-order valence-corrected chi connectivity index (χ0v) is 14.2. The Balaban J connectivity index is 1.49. The Bertz CT molecular complexity index is 1070. The van der Waals surface area contributed by atoms with Crippen molar-refractivity contribution in [2.45, 2.75) is 6.54 Å². The van der Waals surface area contributed by atoms with Gasteiger partial charge in [0.05, 0.1) is 5.69 Å². The monoisotopic (exact) mass is 360 g/mol. The Labute approximate surface area is 154 Å². The molecule has 134 valence electrons. The van der Waals surface area contributed by atoms with E-state index in [0.29, 0.717) is 29.3 Å². The summed E-state index contributed by atoms with van der Waals surface area (Å²) in [7, 11) is 0. The van der Waals surface area contributed by atoms with Crippen LogP contribution in [-0.2, 0) is 6.54 Å². The van der Waals surface area contributed by atoms with Crippen molar-refractivity contribution in [1.82, 2.24) is 30.0 Å². The lowest BCUT2D eigenvalue weighted by atomic mass is 10.1. The fourth-order valence-electron chi connectivity index (χ4n) is 2.72. The summed E-state index contributed by atoms with van der Waals surface area (Å²) >= 11 is 0. The molecule has 0 saturated carbocycles.